The fraction of sp³-hybridized carbons (Fsp3) is 0.118. The number of rotatable bonds is 5. The zero-order valence-electron chi connectivity index (χ0n) is 21.0. The Bertz CT molecular complexity index is 1160. The average Bonchev–Trinajstić information content (AvgIpc) is 3.40. The van der Waals surface area contributed by atoms with Gasteiger partial charge in [-0.3, -0.25) is 0 Å². The summed E-state index contributed by atoms with van der Waals surface area (Å²) >= 11 is -0.633. The average molecular weight is 580 g/mol. The van der Waals surface area contributed by atoms with Crippen molar-refractivity contribution in [1.82, 2.24) is 0 Å². The van der Waals surface area contributed by atoms with Gasteiger partial charge >= 0.3 is 75.3 Å². The molecule has 5 aromatic rings. The Labute approximate surface area is 223 Å². The van der Waals surface area contributed by atoms with Gasteiger partial charge in [-0.05, 0) is 0 Å². The molecule has 2 heteroatoms. The molecule has 0 nitrogen and oxygen atoms in total. The van der Waals surface area contributed by atoms with Crippen molar-refractivity contribution in [3.05, 3.63) is 157 Å². The predicted molar refractivity (Wildman–Crippen MR) is 160 cm³/mol. The molecule has 0 radical (unpaired) electrons. The van der Waals surface area contributed by atoms with Crippen molar-refractivity contribution in [2.24, 2.45) is 0 Å². The fourth-order valence-electron chi connectivity index (χ4n) is 5.66. The second-order valence-corrected chi connectivity index (χ2v) is 16.3. The number of benzene rings is 5. The van der Waals surface area contributed by atoms with Crippen LogP contribution in [-0.4, -0.2) is 25.7 Å². The number of hydrogen-bond acceptors (Lipinski definition) is 0. The molecule has 1 aliphatic heterocycles. The van der Waals surface area contributed by atoms with Gasteiger partial charge in [0.25, 0.3) is 0 Å². The molecule has 0 amide bonds. The van der Waals surface area contributed by atoms with Gasteiger partial charge < -0.3 is 0 Å². The summed E-state index contributed by atoms with van der Waals surface area (Å²) in [5.41, 5.74) is 8.67. The molecule has 36 heavy (non-hydrogen) atoms. The molecule has 0 fully saturated rings. The smallest absolute Gasteiger partial charge is 0.108 e. The Balaban J connectivity index is 0.000000202. The third-order valence-corrected chi connectivity index (χ3v) is 13.9. The molecule has 0 saturated heterocycles. The minimum atomic E-state index is -1.22. The Morgan fingerprint density at radius 2 is 0.722 bits per heavy atom. The molecule has 0 bridgehead atoms. The summed E-state index contributed by atoms with van der Waals surface area (Å²) in [4.78, 5) is 0. The van der Waals surface area contributed by atoms with E-state index < -0.39 is 25.7 Å². The van der Waals surface area contributed by atoms with E-state index in [4.69, 9.17) is 0 Å². The van der Waals surface area contributed by atoms with Gasteiger partial charge in [-0.25, -0.2) is 0 Å². The van der Waals surface area contributed by atoms with Crippen LogP contribution in [0.5, 0.6) is 0 Å². The van der Waals surface area contributed by atoms with E-state index in [-0.39, 0.29) is 0 Å². The van der Waals surface area contributed by atoms with Crippen molar-refractivity contribution in [2.75, 3.05) is 0 Å². The summed E-state index contributed by atoms with van der Waals surface area (Å²) in [6, 6.07) is 52.5. The van der Waals surface area contributed by atoms with Gasteiger partial charge in [0.2, 0.25) is 0 Å². The summed E-state index contributed by atoms with van der Waals surface area (Å²) in [5.74, 6) is 0. The molecule has 0 spiro atoms. The monoisotopic (exact) mass is 582 g/mol. The molecule has 5 aromatic carbocycles. The van der Waals surface area contributed by atoms with Crippen LogP contribution in [0.3, 0.4) is 0 Å². The number of hydrogen-bond donors (Lipinski definition) is 0. The van der Waals surface area contributed by atoms with E-state index in [1.54, 1.807) is 11.1 Å². The molecule has 1 heterocycles. The first kappa shape index (κ1) is 24.6. The Morgan fingerprint density at radius 3 is 1.00 bits per heavy atom. The second kappa shape index (κ2) is 11.8. The zero-order valence-corrected chi connectivity index (χ0v) is 23.3. The first-order chi connectivity index (χ1) is 17.8. The van der Waals surface area contributed by atoms with E-state index in [9.17, 15) is 0 Å². The molecular weight excluding hydrogens is 547 g/mol. The maximum absolute atomic E-state index is 2.36. The van der Waals surface area contributed by atoms with E-state index >= 15 is 0 Å². The van der Waals surface area contributed by atoms with E-state index in [2.05, 4.69) is 153 Å². The first-order valence-corrected chi connectivity index (χ1v) is 17.8. The standard InChI is InChI=1S/C24H20B.C10H13Te/c1-5-13-21(14-6-1)25(22-15-7-2-8-16-22,23-17-9-3-10-18-23)24-19-11-4-12-20-24;1-2-11-7-9-5-3-4-6-10(9)8-11/h1-20H;3-6H,2,7-8H2,1H3/q-1;+1. The fourth-order valence-corrected chi connectivity index (χ4v) is 11.2. The molecule has 0 unspecified atom stereocenters. The van der Waals surface area contributed by atoms with Crippen molar-refractivity contribution in [1.29, 1.82) is 0 Å². The maximum Gasteiger partial charge on any atom is 0.108 e. The van der Waals surface area contributed by atoms with Gasteiger partial charge in [0.15, 0.2) is 0 Å². The Morgan fingerprint density at radius 1 is 0.444 bits per heavy atom. The third kappa shape index (κ3) is 5.08. The molecule has 0 saturated carbocycles. The van der Waals surface area contributed by atoms with Gasteiger partial charge in [-0.2, -0.15) is 21.9 Å². The normalized spacial score (nSPS) is 12.9. The molecule has 178 valence electrons. The van der Waals surface area contributed by atoms with Crippen LogP contribution >= 0.6 is 0 Å². The predicted octanol–water partition coefficient (Wildman–Crippen LogP) is 5.44. The molecule has 0 aromatic heterocycles. The topological polar surface area (TPSA) is 0 Å². The quantitative estimate of drug-likeness (QED) is 0.243. The van der Waals surface area contributed by atoms with Crippen molar-refractivity contribution in [3.63, 3.8) is 0 Å². The SMILES string of the molecule is CC[Te+]1Cc2ccccc2C1.c1ccc([B-](c2ccccc2)(c2ccccc2)c2ccccc2)cc1. The minimum absolute atomic E-state index is 0.633. The zero-order chi connectivity index (χ0) is 24.6. The van der Waals surface area contributed by atoms with Crippen LogP contribution in [0.4, 0.5) is 0 Å². The molecule has 1 aliphatic rings. The summed E-state index contributed by atoms with van der Waals surface area (Å²) in [5, 5.41) is 0. The summed E-state index contributed by atoms with van der Waals surface area (Å²) in [7, 11) is 0. The summed E-state index contributed by atoms with van der Waals surface area (Å²) in [6.45, 7) is 2.36. The molecule has 0 atom stereocenters. The maximum atomic E-state index is 2.36. The summed E-state index contributed by atoms with van der Waals surface area (Å²) < 4.78 is 4.46. The van der Waals surface area contributed by atoms with Crippen LogP contribution < -0.4 is 21.9 Å². The van der Waals surface area contributed by atoms with E-state index in [0.717, 1.165) is 0 Å². The third-order valence-electron chi connectivity index (χ3n) is 7.44. The minimum Gasteiger partial charge on any atom is -0.195 e. The second-order valence-electron chi connectivity index (χ2n) is 9.47. The molecule has 0 aliphatic carbocycles. The van der Waals surface area contributed by atoms with Crippen molar-refractivity contribution >= 4 is 47.5 Å². The van der Waals surface area contributed by atoms with Gasteiger partial charge in [-0.15, -0.1) is 0 Å². The van der Waals surface area contributed by atoms with E-state index in [1.807, 2.05) is 0 Å². The largest absolute Gasteiger partial charge is 0.195 e. The molecule has 6 rings (SSSR count). The van der Waals surface area contributed by atoms with Crippen LogP contribution in [0.15, 0.2) is 146 Å². The van der Waals surface area contributed by atoms with Gasteiger partial charge in [0.05, 0.1) is 0 Å². The van der Waals surface area contributed by atoms with Gasteiger partial charge in [0.1, 0.15) is 6.15 Å². The van der Waals surface area contributed by atoms with Crippen LogP contribution in [-0.2, 0) is 8.94 Å². The molecular formula is C34H33BTe. The van der Waals surface area contributed by atoms with Crippen LogP contribution in [0, 0.1) is 0 Å². The molecule has 0 N–H and O–H groups in total. The van der Waals surface area contributed by atoms with Gasteiger partial charge in [0, 0.05) is 0 Å². The van der Waals surface area contributed by atoms with Crippen molar-refractivity contribution in [2.45, 2.75) is 20.3 Å². The van der Waals surface area contributed by atoms with Gasteiger partial charge in [-0.1, -0.05) is 121 Å². The van der Waals surface area contributed by atoms with Crippen molar-refractivity contribution < 1.29 is 0 Å². The van der Waals surface area contributed by atoms with E-state index in [1.165, 1.54) is 35.3 Å². The van der Waals surface area contributed by atoms with Crippen LogP contribution in [0.2, 0.25) is 4.47 Å². The van der Waals surface area contributed by atoms with Crippen LogP contribution in [0.1, 0.15) is 18.1 Å². The van der Waals surface area contributed by atoms with Crippen LogP contribution in [0.25, 0.3) is 0 Å². The Kier molecular flexibility index (Phi) is 8.07. The van der Waals surface area contributed by atoms with E-state index in [0.29, 0.717) is 0 Å². The first-order valence-electron chi connectivity index (χ1n) is 12.9. The van der Waals surface area contributed by atoms with Crippen molar-refractivity contribution in [3.8, 4) is 0 Å². The summed E-state index contributed by atoms with van der Waals surface area (Å²) in [6.07, 6.45) is -1.22. The Hall–Kier alpha value is -3.05. The number of fused-ring (bicyclic) bond motifs is 1.